The zero-order valence-corrected chi connectivity index (χ0v) is 9.20. The van der Waals surface area contributed by atoms with Crippen LogP contribution in [-0.4, -0.2) is 24.2 Å². The van der Waals surface area contributed by atoms with Gasteiger partial charge in [0, 0.05) is 6.20 Å². The van der Waals surface area contributed by atoms with Crippen LogP contribution in [-0.2, 0) is 0 Å². The van der Waals surface area contributed by atoms with Crippen molar-refractivity contribution < 1.29 is 4.74 Å². The standard InChI is InChI=1S/C12H18N2O/c1-10-12(5-3-8-14-10)15-11-4-2-7-13-9-6-11/h3,5,8,11,13H,2,4,6-7,9H2,1H3. The molecule has 0 bridgehead atoms. The van der Waals surface area contributed by atoms with E-state index in [4.69, 9.17) is 4.74 Å². The summed E-state index contributed by atoms with van der Waals surface area (Å²) in [4.78, 5) is 4.23. The van der Waals surface area contributed by atoms with Gasteiger partial charge in [-0.1, -0.05) is 0 Å². The van der Waals surface area contributed by atoms with Gasteiger partial charge in [-0.05, 0) is 51.4 Å². The van der Waals surface area contributed by atoms with Crippen molar-refractivity contribution in [1.82, 2.24) is 10.3 Å². The highest BCUT2D eigenvalue weighted by Crippen LogP contribution is 2.19. The van der Waals surface area contributed by atoms with E-state index in [1.807, 2.05) is 19.1 Å². The largest absolute Gasteiger partial charge is 0.488 e. The molecule has 0 spiro atoms. The Morgan fingerprint density at radius 3 is 3.20 bits per heavy atom. The number of pyridine rings is 1. The van der Waals surface area contributed by atoms with E-state index >= 15 is 0 Å². The first-order valence-electron chi connectivity index (χ1n) is 5.65. The van der Waals surface area contributed by atoms with Crippen molar-refractivity contribution >= 4 is 0 Å². The number of ether oxygens (including phenoxy) is 1. The Kier molecular flexibility index (Phi) is 3.56. The maximum absolute atomic E-state index is 5.96. The molecule has 1 N–H and O–H groups in total. The van der Waals surface area contributed by atoms with Crippen LogP contribution in [0.3, 0.4) is 0 Å². The maximum Gasteiger partial charge on any atom is 0.140 e. The second-order valence-corrected chi connectivity index (χ2v) is 4.01. The van der Waals surface area contributed by atoms with E-state index in [-0.39, 0.29) is 0 Å². The summed E-state index contributed by atoms with van der Waals surface area (Å²) in [7, 11) is 0. The Morgan fingerprint density at radius 1 is 1.40 bits per heavy atom. The fourth-order valence-electron chi connectivity index (χ4n) is 1.88. The summed E-state index contributed by atoms with van der Waals surface area (Å²) < 4.78 is 5.96. The highest BCUT2D eigenvalue weighted by molar-refractivity contribution is 5.25. The predicted molar refractivity (Wildman–Crippen MR) is 60.1 cm³/mol. The molecule has 0 aliphatic carbocycles. The molecule has 2 heterocycles. The molecule has 82 valence electrons. The third kappa shape index (κ3) is 2.93. The first-order chi connectivity index (χ1) is 7.36. The highest BCUT2D eigenvalue weighted by atomic mass is 16.5. The van der Waals surface area contributed by atoms with Gasteiger partial charge in [0.15, 0.2) is 0 Å². The van der Waals surface area contributed by atoms with Gasteiger partial charge < -0.3 is 10.1 Å². The Bertz CT molecular complexity index is 306. The van der Waals surface area contributed by atoms with Crippen LogP contribution in [0.15, 0.2) is 18.3 Å². The number of hydrogen-bond acceptors (Lipinski definition) is 3. The molecular formula is C12H18N2O. The normalized spacial score (nSPS) is 22.1. The lowest BCUT2D eigenvalue weighted by Crippen LogP contribution is -2.19. The summed E-state index contributed by atoms with van der Waals surface area (Å²) in [6.45, 7) is 4.17. The average Bonchev–Trinajstić information content (AvgIpc) is 2.50. The molecule has 1 aromatic rings. The van der Waals surface area contributed by atoms with Crippen molar-refractivity contribution in [3.05, 3.63) is 24.0 Å². The lowest BCUT2D eigenvalue weighted by molar-refractivity contribution is 0.185. The molecule has 2 rings (SSSR count). The Hall–Kier alpha value is -1.09. The third-order valence-electron chi connectivity index (χ3n) is 2.77. The van der Waals surface area contributed by atoms with Gasteiger partial charge in [-0.15, -0.1) is 0 Å². The molecule has 3 heteroatoms. The van der Waals surface area contributed by atoms with Crippen LogP contribution in [0.5, 0.6) is 5.75 Å². The molecule has 0 amide bonds. The summed E-state index contributed by atoms with van der Waals surface area (Å²) >= 11 is 0. The van der Waals surface area contributed by atoms with Crippen LogP contribution in [0.1, 0.15) is 25.0 Å². The average molecular weight is 206 g/mol. The Balaban J connectivity index is 1.98. The topological polar surface area (TPSA) is 34.1 Å². The van der Waals surface area contributed by atoms with Gasteiger partial charge in [0.25, 0.3) is 0 Å². The van der Waals surface area contributed by atoms with Gasteiger partial charge in [0.1, 0.15) is 11.9 Å². The fourth-order valence-corrected chi connectivity index (χ4v) is 1.88. The molecule has 1 unspecified atom stereocenters. The number of nitrogens with one attached hydrogen (secondary N) is 1. The molecule has 0 saturated carbocycles. The molecule has 1 saturated heterocycles. The Labute approximate surface area is 90.9 Å². The fraction of sp³-hybridized carbons (Fsp3) is 0.583. The van der Waals surface area contributed by atoms with Gasteiger partial charge >= 0.3 is 0 Å². The zero-order valence-electron chi connectivity index (χ0n) is 9.20. The van der Waals surface area contributed by atoms with Crippen LogP contribution in [0.25, 0.3) is 0 Å². The molecule has 0 radical (unpaired) electrons. The first kappa shape index (κ1) is 10.4. The number of aromatic nitrogens is 1. The van der Waals surface area contributed by atoms with E-state index in [1.165, 1.54) is 6.42 Å². The predicted octanol–water partition coefficient (Wildman–Crippen LogP) is 1.91. The van der Waals surface area contributed by atoms with Gasteiger partial charge in [-0.25, -0.2) is 0 Å². The smallest absolute Gasteiger partial charge is 0.140 e. The molecular weight excluding hydrogens is 188 g/mol. The molecule has 15 heavy (non-hydrogen) atoms. The monoisotopic (exact) mass is 206 g/mol. The van der Waals surface area contributed by atoms with Gasteiger partial charge in [-0.2, -0.15) is 0 Å². The highest BCUT2D eigenvalue weighted by Gasteiger charge is 2.14. The Morgan fingerprint density at radius 2 is 2.33 bits per heavy atom. The number of aryl methyl sites for hydroxylation is 1. The van der Waals surface area contributed by atoms with E-state index in [0.29, 0.717) is 6.10 Å². The summed E-state index contributed by atoms with van der Waals surface area (Å²) in [6, 6.07) is 3.93. The minimum absolute atomic E-state index is 0.350. The maximum atomic E-state index is 5.96. The molecule has 1 atom stereocenters. The van der Waals surface area contributed by atoms with Crippen LogP contribution in [0.4, 0.5) is 0 Å². The number of nitrogens with zero attached hydrogens (tertiary/aromatic N) is 1. The summed E-state index contributed by atoms with van der Waals surface area (Å²) in [5, 5.41) is 3.38. The molecule has 1 aliphatic rings. The van der Waals surface area contributed by atoms with E-state index in [9.17, 15) is 0 Å². The zero-order chi connectivity index (χ0) is 10.5. The minimum Gasteiger partial charge on any atom is -0.488 e. The lowest BCUT2D eigenvalue weighted by Gasteiger charge is -2.17. The van der Waals surface area contributed by atoms with Crippen molar-refractivity contribution in [1.29, 1.82) is 0 Å². The van der Waals surface area contributed by atoms with E-state index in [0.717, 1.165) is 37.4 Å². The first-order valence-corrected chi connectivity index (χ1v) is 5.65. The van der Waals surface area contributed by atoms with E-state index < -0.39 is 0 Å². The van der Waals surface area contributed by atoms with E-state index in [2.05, 4.69) is 10.3 Å². The van der Waals surface area contributed by atoms with Crippen LogP contribution in [0.2, 0.25) is 0 Å². The van der Waals surface area contributed by atoms with Gasteiger partial charge in [0.05, 0.1) is 5.69 Å². The van der Waals surface area contributed by atoms with E-state index in [1.54, 1.807) is 6.20 Å². The number of rotatable bonds is 2. The quantitative estimate of drug-likeness (QED) is 0.802. The van der Waals surface area contributed by atoms with Crippen molar-refractivity contribution in [3.63, 3.8) is 0 Å². The van der Waals surface area contributed by atoms with Crippen LogP contribution >= 0.6 is 0 Å². The molecule has 1 fully saturated rings. The minimum atomic E-state index is 0.350. The summed E-state index contributed by atoms with van der Waals surface area (Å²) in [5.41, 5.74) is 0.981. The lowest BCUT2D eigenvalue weighted by atomic mass is 10.1. The van der Waals surface area contributed by atoms with Gasteiger partial charge in [-0.3, -0.25) is 4.98 Å². The van der Waals surface area contributed by atoms with Gasteiger partial charge in [0.2, 0.25) is 0 Å². The van der Waals surface area contributed by atoms with Crippen molar-refractivity contribution in [3.8, 4) is 5.75 Å². The molecule has 3 nitrogen and oxygen atoms in total. The second-order valence-electron chi connectivity index (χ2n) is 4.01. The van der Waals surface area contributed by atoms with Crippen molar-refractivity contribution in [2.24, 2.45) is 0 Å². The van der Waals surface area contributed by atoms with Crippen molar-refractivity contribution in [2.75, 3.05) is 13.1 Å². The SMILES string of the molecule is Cc1ncccc1OC1CCCNCC1. The summed E-state index contributed by atoms with van der Waals surface area (Å²) in [6.07, 6.45) is 5.58. The molecule has 1 aliphatic heterocycles. The van der Waals surface area contributed by atoms with Crippen LogP contribution < -0.4 is 10.1 Å². The molecule has 0 aromatic carbocycles. The second kappa shape index (κ2) is 5.12. The van der Waals surface area contributed by atoms with Crippen molar-refractivity contribution in [2.45, 2.75) is 32.3 Å². The van der Waals surface area contributed by atoms with Crippen LogP contribution in [0, 0.1) is 6.92 Å². The third-order valence-corrected chi connectivity index (χ3v) is 2.77. The number of hydrogen-bond donors (Lipinski definition) is 1. The summed E-state index contributed by atoms with van der Waals surface area (Å²) in [5.74, 6) is 0.935. The molecule has 1 aromatic heterocycles.